The summed E-state index contributed by atoms with van der Waals surface area (Å²) in [4.78, 5) is 17.7. The van der Waals surface area contributed by atoms with Crippen LogP contribution in [-0.4, -0.2) is 21.0 Å². The summed E-state index contributed by atoms with van der Waals surface area (Å²) in [7, 11) is 0. The quantitative estimate of drug-likeness (QED) is 0.755. The molecule has 0 aromatic carbocycles. The summed E-state index contributed by atoms with van der Waals surface area (Å²) in [6.45, 7) is 3.61. The van der Waals surface area contributed by atoms with E-state index < -0.39 is 17.5 Å². The molecule has 1 aromatic heterocycles. The zero-order valence-corrected chi connectivity index (χ0v) is 7.28. The van der Waals surface area contributed by atoms with Crippen LogP contribution in [0.2, 0.25) is 0 Å². The maximum absolute atomic E-state index is 12.8. The third-order valence-corrected chi connectivity index (χ3v) is 1.48. The first-order chi connectivity index (χ1) is 6.02. The van der Waals surface area contributed by atoms with Crippen molar-refractivity contribution in [3.05, 3.63) is 23.5 Å². The second kappa shape index (κ2) is 3.47. The van der Waals surface area contributed by atoms with Crippen LogP contribution in [0.15, 0.2) is 6.20 Å². The number of carboxylic acids is 1. The molecule has 5 heteroatoms. The van der Waals surface area contributed by atoms with E-state index in [4.69, 9.17) is 5.11 Å². The van der Waals surface area contributed by atoms with Crippen LogP contribution in [0.25, 0.3) is 0 Å². The van der Waals surface area contributed by atoms with Crippen LogP contribution in [-0.2, 0) is 0 Å². The maximum atomic E-state index is 12.8. The van der Waals surface area contributed by atoms with Gasteiger partial charge in [0.15, 0.2) is 11.5 Å². The average Bonchev–Trinajstić information content (AvgIpc) is 2.04. The predicted molar refractivity (Wildman–Crippen MR) is 43.0 cm³/mol. The summed E-state index contributed by atoms with van der Waals surface area (Å²) in [6.07, 6.45) is 0.881. The van der Waals surface area contributed by atoms with Crippen molar-refractivity contribution in [2.24, 2.45) is 0 Å². The summed E-state index contributed by atoms with van der Waals surface area (Å²) in [5.74, 6) is -1.96. The van der Waals surface area contributed by atoms with Gasteiger partial charge in [-0.05, 0) is 0 Å². The minimum Gasteiger partial charge on any atom is -0.476 e. The van der Waals surface area contributed by atoms with Gasteiger partial charge in [0.1, 0.15) is 5.82 Å². The molecular weight excluding hydrogens is 175 g/mol. The zero-order chi connectivity index (χ0) is 10.0. The van der Waals surface area contributed by atoms with Crippen molar-refractivity contribution in [1.82, 2.24) is 9.97 Å². The van der Waals surface area contributed by atoms with Crippen LogP contribution in [0.3, 0.4) is 0 Å². The summed E-state index contributed by atoms with van der Waals surface area (Å²) < 4.78 is 12.8. The first-order valence-electron chi connectivity index (χ1n) is 3.78. The highest BCUT2D eigenvalue weighted by molar-refractivity contribution is 5.85. The van der Waals surface area contributed by atoms with Crippen molar-refractivity contribution >= 4 is 5.97 Å². The van der Waals surface area contributed by atoms with E-state index in [2.05, 4.69) is 9.97 Å². The molecule has 0 radical (unpaired) electrons. The smallest absolute Gasteiger partial charge is 0.357 e. The van der Waals surface area contributed by atoms with E-state index in [0.717, 1.165) is 6.20 Å². The number of aromatic nitrogens is 2. The number of hydrogen-bond acceptors (Lipinski definition) is 3. The van der Waals surface area contributed by atoms with E-state index in [1.54, 1.807) is 13.8 Å². The lowest BCUT2D eigenvalue weighted by molar-refractivity contribution is 0.0684. The Kier molecular flexibility index (Phi) is 2.55. The van der Waals surface area contributed by atoms with Gasteiger partial charge in [0.2, 0.25) is 0 Å². The lowest BCUT2D eigenvalue weighted by atomic mass is 10.2. The highest BCUT2D eigenvalue weighted by Gasteiger charge is 2.14. The van der Waals surface area contributed by atoms with E-state index in [9.17, 15) is 9.18 Å². The Bertz CT molecular complexity index is 339. The second-order valence-corrected chi connectivity index (χ2v) is 2.88. The fourth-order valence-corrected chi connectivity index (χ4v) is 0.809. The monoisotopic (exact) mass is 184 g/mol. The van der Waals surface area contributed by atoms with Gasteiger partial charge in [-0.25, -0.2) is 19.2 Å². The molecule has 0 unspecified atom stereocenters. The number of halogens is 1. The van der Waals surface area contributed by atoms with Crippen molar-refractivity contribution in [3.63, 3.8) is 0 Å². The van der Waals surface area contributed by atoms with Crippen molar-refractivity contribution in [3.8, 4) is 0 Å². The van der Waals surface area contributed by atoms with Crippen molar-refractivity contribution in [1.29, 1.82) is 0 Å². The molecule has 0 saturated heterocycles. The first-order valence-corrected chi connectivity index (χ1v) is 3.78. The lowest BCUT2D eigenvalue weighted by Crippen LogP contribution is -2.09. The van der Waals surface area contributed by atoms with Crippen molar-refractivity contribution in [2.75, 3.05) is 0 Å². The number of carboxylic acid groups (broad SMARTS) is 1. The molecule has 0 aliphatic carbocycles. The molecule has 13 heavy (non-hydrogen) atoms. The van der Waals surface area contributed by atoms with Crippen LogP contribution < -0.4 is 0 Å². The molecule has 0 spiro atoms. The molecule has 1 rings (SSSR count). The molecule has 0 fully saturated rings. The van der Waals surface area contributed by atoms with Gasteiger partial charge in [-0.2, -0.15) is 0 Å². The molecule has 0 atom stereocenters. The van der Waals surface area contributed by atoms with E-state index in [1.807, 2.05) is 0 Å². The third-order valence-electron chi connectivity index (χ3n) is 1.48. The fourth-order valence-electron chi connectivity index (χ4n) is 0.809. The summed E-state index contributed by atoms with van der Waals surface area (Å²) >= 11 is 0. The number of rotatable bonds is 2. The number of hydrogen-bond donors (Lipinski definition) is 1. The van der Waals surface area contributed by atoms with Crippen LogP contribution in [0.4, 0.5) is 4.39 Å². The normalized spacial score (nSPS) is 10.5. The highest BCUT2D eigenvalue weighted by Crippen LogP contribution is 2.10. The van der Waals surface area contributed by atoms with Crippen molar-refractivity contribution < 1.29 is 14.3 Å². The SMILES string of the molecule is CC(C)c1ncc(F)c(C(=O)O)n1. The Morgan fingerprint density at radius 2 is 2.23 bits per heavy atom. The fraction of sp³-hybridized carbons (Fsp3) is 0.375. The minimum atomic E-state index is -1.37. The zero-order valence-electron chi connectivity index (χ0n) is 7.28. The van der Waals surface area contributed by atoms with Crippen LogP contribution in [0.5, 0.6) is 0 Å². The van der Waals surface area contributed by atoms with E-state index in [1.165, 1.54) is 0 Å². The molecule has 4 nitrogen and oxygen atoms in total. The number of nitrogens with zero attached hydrogens (tertiary/aromatic N) is 2. The second-order valence-electron chi connectivity index (χ2n) is 2.88. The molecule has 70 valence electrons. The maximum Gasteiger partial charge on any atom is 0.357 e. The molecule has 0 aliphatic heterocycles. The first kappa shape index (κ1) is 9.57. The standard InChI is InChI=1S/C8H9FN2O2/c1-4(2)7-10-3-5(9)6(11-7)8(12)13/h3-4H,1-2H3,(H,12,13). The molecule has 0 saturated carbocycles. The molecule has 1 N–H and O–H groups in total. The van der Waals surface area contributed by atoms with E-state index >= 15 is 0 Å². The van der Waals surface area contributed by atoms with Gasteiger partial charge in [-0.1, -0.05) is 13.8 Å². The average molecular weight is 184 g/mol. The highest BCUT2D eigenvalue weighted by atomic mass is 19.1. The Hall–Kier alpha value is -1.52. The molecule has 1 aromatic rings. The van der Waals surface area contributed by atoms with Gasteiger partial charge in [0.05, 0.1) is 6.20 Å². The number of carbonyl (C=O) groups is 1. The summed E-state index contributed by atoms with van der Waals surface area (Å²) in [6, 6.07) is 0. The largest absolute Gasteiger partial charge is 0.476 e. The van der Waals surface area contributed by atoms with Gasteiger partial charge in [0, 0.05) is 5.92 Å². The van der Waals surface area contributed by atoms with E-state index in [0.29, 0.717) is 5.82 Å². The predicted octanol–water partition coefficient (Wildman–Crippen LogP) is 1.44. The Morgan fingerprint density at radius 3 is 2.69 bits per heavy atom. The van der Waals surface area contributed by atoms with Gasteiger partial charge < -0.3 is 5.11 Å². The summed E-state index contributed by atoms with van der Waals surface area (Å²) in [5.41, 5.74) is -0.571. The van der Waals surface area contributed by atoms with Gasteiger partial charge >= 0.3 is 5.97 Å². The molecule has 0 bridgehead atoms. The van der Waals surface area contributed by atoms with Crippen LogP contribution >= 0.6 is 0 Å². The molecular formula is C8H9FN2O2. The topological polar surface area (TPSA) is 63.1 Å². The van der Waals surface area contributed by atoms with Crippen LogP contribution in [0.1, 0.15) is 36.1 Å². The third kappa shape index (κ3) is 1.99. The van der Waals surface area contributed by atoms with Crippen molar-refractivity contribution in [2.45, 2.75) is 19.8 Å². The van der Waals surface area contributed by atoms with Gasteiger partial charge in [0.25, 0.3) is 0 Å². The Morgan fingerprint density at radius 1 is 1.62 bits per heavy atom. The molecule has 1 heterocycles. The van der Waals surface area contributed by atoms with Crippen LogP contribution in [0, 0.1) is 5.82 Å². The van der Waals surface area contributed by atoms with Gasteiger partial charge in [-0.15, -0.1) is 0 Å². The number of aromatic carboxylic acids is 1. The molecule has 0 amide bonds. The summed E-state index contributed by atoms with van der Waals surface area (Å²) in [5, 5.41) is 8.54. The van der Waals surface area contributed by atoms with E-state index in [-0.39, 0.29) is 5.92 Å². The Balaban J connectivity index is 3.19. The minimum absolute atomic E-state index is 0.0151. The lowest BCUT2D eigenvalue weighted by Gasteiger charge is -2.03. The van der Waals surface area contributed by atoms with Gasteiger partial charge in [-0.3, -0.25) is 0 Å². The Labute approximate surface area is 74.5 Å². The molecule has 0 aliphatic rings.